The van der Waals surface area contributed by atoms with Gasteiger partial charge in [0, 0.05) is 11.3 Å². The maximum atomic E-state index is 3.71. The third kappa shape index (κ3) is 3.26. The van der Waals surface area contributed by atoms with Crippen molar-refractivity contribution in [1.82, 2.24) is 5.32 Å². The third-order valence-electron chi connectivity index (χ3n) is 3.42. The van der Waals surface area contributed by atoms with Gasteiger partial charge in [0.25, 0.3) is 0 Å². The highest BCUT2D eigenvalue weighted by molar-refractivity contribution is 7.99. The summed E-state index contributed by atoms with van der Waals surface area (Å²) in [7, 11) is 0. The summed E-state index contributed by atoms with van der Waals surface area (Å²) >= 11 is 2.02. The van der Waals surface area contributed by atoms with Crippen molar-refractivity contribution in [3.63, 3.8) is 0 Å². The number of rotatable bonds is 5. The van der Waals surface area contributed by atoms with Gasteiger partial charge >= 0.3 is 0 Å². The molecule has 0 radical (unpaired) electrons. The average molecular weight is 235 g/mol. The molecule has 1 aromatic carbocycles. The summed E-state index contributed by atoms with van der Waals surface area (Å²) < 4.78 is 0. The lowest BCUT2D eigenvalue weighted by Crippen LogP contribution is -2.35. The Labute approximate surface area is 103 Å². The van der Waals surface area contributed by atoms with Gasteiger partial charge in [-0.25, -0.2) is 0 Å². The third-order valence-corrected chi connectivity index (χ3v) is 4.59. The lowest BCUT2D eigenvalue weighted by Gasteiger charge is -2.19. The molecule has 0 amide bonds. The maximum absolute atomic E-state index is 3.71. The van der Waals surface area contributed by atoms with E-state index in [4.69, 9.17) is 0 Å². The zero-order valence-electron chi connectivity index (χ0n) is 9.99. The molecule has 1 aliphatic rings. The van der Waals surface area contributed by atoms with E-state index in [-0.39, 0.29) is 0 Å². The van der Waals surface area contributed by atoms with Gasteiger partial charge in [0.15, 0.2) is 0 Å². The van der Waals surface area contributed by atoms with Crippen molar-refractivity contribution in [2.45, 2.75) is 37.0 Å². The van der Waals surface area contributed by atoms with E-state index in [1.165, 1.54) is 24.8 Å². The number of hydrogen-bond donors (Lipinski definition) is 1. The second kappa shape index (κ2) is 6.31. The second-order valence-corrected chi connectivity index (χ2v) is 5.58. The van der Waals surface area contributed by atoms with Crippen molar-refractivity contribution in [2.75, 3.05) is 12.8 Å². The van der Waals surface area contributed by atoms with E-state index in [9.17, 15) is 0 Å². The highest BCUT2D eigenvalue weighted by atomic mass is 32.2. The van der Waals surface area contributed by atoms with E-state index in [1.54, 1.807) is 0 Å². The van der Waals surface area contributed by atoms with Gasteiger partial charge in [-0.05, 0) is 37.6 Å². The minimum atomic E-state index is 0.749. The van der Waals surface area contributed by atoms with Crippen molar-refractivity contribution in [3.05, 3.63) is 35.9 Å². The molecular formula is C14H21NS. The lowest BCUT2D eigenvalue weighted by molar-refractivity contribution is 0.536. The first-order valence-electron chi connectivity index (χ1n) is 6.20. The van der Waals surface area contributed by atoms with E-state index in [2.05, 4.69) is 41.9 Å². The molecule has 0 spiro atoms. The summed E-state index contributed by atoms with van der Waals surface area (Å²) in [6.45, 7) is 1.12. The van der Waals surface area contributed by atoms with Gasteiger partial charge < -0.3 is 5.32 Å². The van der Waals surface area contributed by atoms with Crippen LogP contribution in [0, 0.1) is 0 Å². The van der Waals surface area contributed by atoms with Crippen LogP contribution in [0.15, 0.2) is 30.3 Å². The molecule has 1 aromatic rings. The molecule has 88 valence electrons. The summed E-state index contributed by atoms with van der Waals surface area (Å²) in [6, 6.07) is 11.5. The van der Waals surface area contributed by atoms with Gasteiger partial charge in [-0.3, -0.25) is 0 Å². The standard InChI is InChI=1S/C14H21NS/c1-16-14-9-5-8-13(14)15-11-10-12-6-3-2-4-7-12/h2-4,6-7,13-15H,5,8-11H2,1H3. The summed E-state index contributed by atoms with van der Waals surface area (Å²) in [6.07, 6.45) is 7.54. The zero-order chi connectivity index (χ0) is 11.2. The molecular weight excluding hydrogens is 214 g/mol. The van der Waals surface area contributed by atoms with E-state index in [1.807, 2.05) is 11.8 Å². The quantitative estimate of drug-likeness (QED) is 0.841. The first-order valence-corrected chi connectivity index (χ1v) is 7.49. The van der Waals surface area contributed by atoms with E-state index >= 15 is 0 Å². The van der Waals surface area contributed by atoms with Crippen molar-refractivity contribution in [3.8, 4) is 0 Å². The fourth-order valence-electron chi connectivity index (χ4n) is 2.49. The predicted molar refractivity (Wildman–Crippen MR) is 73.1 cm³/mol. The normalized spacial score (nSPS) is 24.8. The Balaban J connectivity index is 1.72. The lowest BCUT2D eigenvalue weighted by atomic mass is 10.1. The molecule has 1 N–H and O–H groups in total. The van der Waals surface area contributed by atoms with Crippen molar-refractivity contribution in [1.29, 1.82) is 0 Å². The Hall–Kier alpha value is -0.470. The highest BCUT2D eigenvalue weighted by Crippen LogP contribution is 2.28. The molecule has 1 nitrogen and oxygen atoms in total. The first-order chi connectivity index (χ1) is 7.90. The van der Waals surface area contributed by atoms with Crippen molar-refractivity contribution < 1.29 is 0 Å². The van der Waals surface area contributed by atoms with Crippen LogP contribution in [-0.4, -0.2) is 24.1 Å². The molecule has 0 heterocycles. The van der Waals surface area contributed by atoms with Crippen LogP contribution in [-0.2, 0) is 6.42 Å². The van der Waals surface area contributed by atoms with Gasteiger partial charge in [-0.2, -0.15) is 11.8 Å². The summed E-state index contributed by atoms with van der Waals surface area (Å²) in [5.41, 5.74) is 1.44. The fourth-order valence-corrected chi connectivity index (χ4v) is 3.45. The van der Waals surface area contributed by atoms with Gasteiger partial charge in [-0.15, -0.1) is 0 Å². The Kier molecular flexibility index (Phi) is 4.73. The van der Waals surface area contributed by atoms with Crippen LogP contribution in [0.1, 0.15) is 24.8 Å². The highest BCUT2D eigenvalue weighted by Gasteiger charge is 2.25. The van der Waals surface area contributed by atoms with Gasteiger partial charge in [0.05, 0.1) is 0 Å². The molecule has 2 atom stereocenters. The van der Waals surface area contributed by atoms with Crippen molar-refractivity contribution >= 4 is 11.8 Å². The molecule has 0 saturated heterocycles. The van der Waals surface area contributed by atoms with Crippen LogP contribution in [0.2, 0.25) is 0 Å². The monoisotopic (exact) mass is 235 g/mol. The maximum Gasteiger partial charge on any atom is 0.0198 e. The first kappa shape index (κ1) is 12.0. The minimum Gasteiger partial charge on any atom is -0.313 e. The number of nitrogens with one attached hydrogen (secondary N) is 1. The summed E-state index contributed by atoms with van der Waals surface area (Å²) in [5.74, 6) is 0. The Bertz CT molecular complexity index is 299. The van der Waals surface area contributed by atoms with Crippen LogP contribution >= 0.6 is 11.8 Å². The minimum absolute atomic E-state index is 0.749. The molecule has 2 unspecified atom stereocenters. The van der Waals surface area contributed by atoms with Gasteiger partial charge in [-0.1, -0.05) is 36.8 Å². The summed E-state index contributed by atoms with van der Waals surface area (Å²) in [5, 5.41) is 4.55. The molecule has 0 bridgehead atoms. The second-order valence-electron chi connectivity index (χ2n) is 4.50. The largest absolute Gasteiger partial charge is 0.313 e. The molecule has 0 aromatic heterocycles. The van der Waals surface area contributed by atoms with Gasteiger partial charge in [0.2, 0.25) is 0 Å². The SMILES string of the molecule is CSC1CCCC1NCCc1ccccc1. The zero-order valence-corrected chi connectivity index (χ0v) is 10.8. The molecule has 0 aliphatic heterocycles. The molecule has 2 rings (SSSR count). The number of thioether (sulfide) groups is 1. The number of hydrogen-bond acceptors (Lipinski definition) is 2. The van der Waals surface area contributed by atoms with Gasteiger partial charge in [0.1, 0.15) is 0 Å². The molecule has 16 heavy (non-hydrogen) atoms. The van der Waals surface area contributed by atoms with Crippen LogP contribution in [0.3, 0.4) is 0 Å². The van der Waals surface area contributed by atoms with Crippen molar-refractivity contribution in [2.24, 2.45) is 0 Å². The predicted octanol–water partition coefficient (Wildman–Crippen LogP) is 3.10. The molecule has 1 saturated carbocycles. The number of benzene rings is 1. The van der Waals surface area contributed by atoms with Crippen LogP contribution in [0.5, 0.6) is 0 Å². The topological polar surface area (TPSA) is 12.0 Å². The Morgan fingerprint density at radius 3 is 2.81 bits per heavy atom. The Morgan fingerprint density at radius 2 is 2.06 bits per heavy atom. The average Bonchev–Trinajstić information content (AvgIpc) is 2.78. The molecule has 1 aliphatic carbocycles. The van der Waals surface area contributed by atoms with Crippen LogP contribution in [0.4, 0.5) is 0 Å². The Morgan fingerprint density at radius 1 is 1.25 bits per heavy atom. The summed E-state index contributed by atoms with van der Waals surface area (Å²) in [4.78, 5) is 0. The molecule has 2 heteroatoms. The fraction of sp³-hybridized carbons (Fsp3) is 0.571. The van der Waals surface area contributed by atoms with E-state index < -0.39 is 0 Å². The van der Waals surface area contributed by atoms with E-state index in [0.717, 1.165) is 24.3 Å². The van der Waals surface area contributed by atoms with E-state index in [0.29, 0.717) is 0 Å². The van der Waals surface area contributed by atoms with Crippen LogP contribution < -0.4 is 5.32 Å². The van der Waals surface area contributed by atoms with Crippen LogP contribution in [0.25, 0.3) is 0 Å². The smallest absolute Gasteiger partial charge is 0.0198 e. The molecule has 1 fully saturated rings.